The number of anilines is 2. The second kappa shape index (κ2) is 7.30. The number of rotatable bonds is 6. The van der Waals surface area contributed by atoms with E-state index in [9.17, 15) is 4.39 Å². The summed E-state index contributed by atoms with van der Waals surface area (Å²) in [7, 11) is 0. The second-order valence-electron chi connectivity index (χ2n) is 5.90. The van der Waals surface area contributed by atoms with E-state index in [1.54, 1.807) is 12.3 Å². The van der Waals surface area contributed by atoms with Gasteiger partial charge in [-0.3, -0.25) is 0 Å². The van der Waals surface area contributed by atoms with Crippen molar-refractivity contribution in [2.75, 3.05) is 11.1 Å². The summed E-state index contributed by atoms with van der Waals surface area (Å²) in [5.74, 6) is 1.03. The highest BCUT2D eigenvalue weighted by molar-refractivity contribution is 5.71. The first-order chi connectivity index (χ1) is 12.4. The summed E-state index contributed by atoms with van der Waals surface area (Å²) < 4.78 is 18.4. The third-order valence-corrected chi connectivity index (χ3v) is 3.38. The molecule has 0 fully saturated rings. The van der Waals surface area contributed by atoms with Crippen molar-refractivity contribution in [2.45, 2.75) is 32.9 Å². The van der Waals surface area contributed by atoms with Crippen LogP contribution in [-0.4, -0.2) is 36.2 Å². The Labute approximate surface area is 149 Å². The maximum atomic E-state index is 12.9. The zero-order chi connectivity index (χ0) is 18.7. The smallest absolute Gasteiger partial charge is 0.225 e. The van der Waals surface area contributed by atoms with Gasteiger partial charge in [0.25, 0.3) is 0 Å². The van der Waals surface area contributed by atoms with Crippen LogP contribution in [0, 0.1) is 5.82 Å². The SMILES string of the molecule is CC(C)Oc1cc(-c2cnc(NC(C)c3ncc(F)cn3)nc2N)n[nH]1. The third kappa shape index (κ3) is 4.02. The summed E-state index contributed by atoms with van der Waals surface area (Å²) in [6.07, 6.45) is 3.80. The third-order valence-electron chi connectivity index (χ3n) is 3.38. The predicted molar refractivity (Wildman–Crippen MR) is 93.8 cm³/mol. The number of hydrogen-bond acceptors (Lipinski definition) is 8. The lowest BCUT2D eigenvalue weighted by Crippen LogP contribution is -2.13. The number of aromatic amines is 1. The average molecular weight is 358 g/mol. The molecule has 0 saturated carbocycles. The van der Waals surface area contributed by atoms with Gasteiger partial charge < -0.3 is 15.8 Å². The zero-order valence-corrected chi connectivity index (χ0v) is 14.6. The highest BCUT2D eigenvalue weighted by Gasteiger charge is 2.14. The number of ether oxygens (including phenoxy) is 1. The van der Waals surface area contributed by atoms with Crippen LogP contribution in [0.3, 0.4) is 0 Å². The van der Waals surface area contributed by atoms with Crippen LogP contribution >= 0.6 is 0 Å². The normalized spacial score (nSPS) is 12.2. The topological polar surface area (TPSA) is 128 Å². The molecule has 3 rings (SSSR count). The molecule has 10 heteroatoms. The fourth-order valence-electron chi connectivity index (χ4n) is 2.22. The van der Waals surface area contributed by atoms with Crippen LogP contribution < -0.4 is 15.8 Å². The van der Waals surface area contributed by atoms with Gasteiger partial charge in [-0.1, -0.05) is 0 Å². The Morgan fingerprint density at radius 2 is 1.88 bits per heavy atom. The fourth-order valence-corrected chi connectivity index (χ4v) is 2.22. The molecule has 0 aliphatic rings. The quantitative estimate of drug-likeness (QED) is 0.612. The fraction of sp³-hybridized carbons (Fsp3) is 0.312. The number of nitrogens with one attached hydrogen (secondary N) is 2. The van der Waals surface area contributed by atoms with Gasteiger partial charge in [0.2, 0.25) is 11.8 Å². The van der Waals surface area contributed by atoms with Crippen LogP contribution in [0.4, 0.5) is 16.2 Å². The number of nitrogens with two attached hydrogens (primary N) is 1. The maximum absolute atomic E-state index is 12.9. The summed E-state index contributed by atoms with van der Waals surface area (Å²) in [6.45, 7) is 5.65. The van der Waals surface area contributed by atoms with Crippen molar-refractivity contribution in [3.05, 3.63) is 36.3 Å². The summed E-state index contributed by atoms with van der Waals surface area (Å²) in [6, 6.07) is 1.41. The van der Waals surface area contributed by atoms with Crippen molar-refractivity contribution >= 4 is 11.8 Å². The Balaban J connectivity index is 1.74. The van der Waals surface area contributed by atoms with E-state index in [1.807, 2.05) is 20.8 Å². The van der Waals surface area contributed by atoms with Crippen LogP contribution in [0.25, 0.3) is 11.3 Å². The summed E-state index contributed by atoms with van der Waals surface area (Å²) >= 11 is 0. The number of H-pyrrole nitrogens is 1. The summed E-state index contributed by atoms with van der Waals surface area (Å²) in [5, 5.41) is 9.98. The van der Waals surface area contributed by atoms with Crippen molar-refractivity contribution in [1.82, 2.24) is 30.1 Å². The van der Waals surface area contributed by atoms with Gasteiger partial charge in [0.15, 0.2) is 5.82 Å². The van der Waals surface area contributed by atoms with Crippen LogP contribution in [0.5, 0.6) is 5.88 Å². The molecular formula is C16H19FN8O. The molecule has 0 aliphatic carbocycles. The standard InChI is InChI=1S/C16H19FN8O/c1-8(2)26-13-4-12(24-25-13)11-7-21-16(23-14(11)18)22-9(3)15-19-5-10(17)6-20-15/h4-9H,1-3H3,(H,24,25)(H3,18,21,22,23). The molecule has 9 nitrogen and oxygen atoms in total. The zero-order valence-electron chi connectivity index (χ0n) is 14.6. The van der Waals surface area contributed by atoms with Crippen LogP contribution in [0.1, 0.15) is 32.6 Å². The molecule has 26 heavy (non-hydrogen) atoms. The van der Waals surface area contributed by atoms with E-state index in [0.29, 0.717) is 28.9 Å². The number of hydrogen-bond donors (Lipinski definition) is 3. The maximum Gasteiger partial charge on any atom is 0.225 e. The Morgan fingerprint density at radius 3 is 2.54 bits per heavy atom. The summed E-state index contributed by atoms with van der Waals surface area (Å²) in [4.78, 5) is 16.3. The monoisotopic (exact) mass is 358 g/mol. The molecule has 3 aromatic rings. The van der Waals surface area contributed by atoms with Gasteiger partial charge in [0.1, 0.15) is 17.3 Å². The minimum absolute atomic E-state index is 0.0265. The van der Waals surface area contributed by atoms with E-state index in [4.69, 9.17) is 10.5 Å². The van der Waals surface area contributed by atoms with Gasteiger partial charge in [-0.2, -0.15) is 10.1 Å². The van der Waals surface area contributed by atoms with Crippen LogP contribution in [-0.2, 0) is 0 Å². The first-order valence-electron chi connectivity index (χ1n) is 8.01. The molecule has 0 aromatic carbocycles. The first kappa shape index (κ1) is 17.5. The van der Waals surface area contributed by atoms with Gasteiger partial charge in [0, 0.05) is 12.3 Å². The van der Waals surface area contributed by atoms with Crippen molar-refractivity contribution in [1.29, 1.82) is 0 Å². The molecule has 0 aliphatic heterocycles. The van der Waals surface area contributed by atoms with Crippen molar-refractivity contribution < 1.29 is 9.13 Å². The lowest BCUT2D eigenvalue weighted by molar-refractivity contribution is 0.232. The van der Waals surface area contributed by atoms with Crippen molar-refractivity contribution in [3.8, 4) is 17.1 Å². The van der Waals surface area contributed by atoms with Crippen LogP contribution in [0.15, 0.2) is 24.7 Å². The summed E-state index contributed by atoms with van der Waals surface area (Å²) in [5.41, 5.74) is 7.19. The molecule has 3 heterocycles. The second-order valence-corrected chi connectivity index (χ2v) is 5.90. The molecule has 1 unspecified atom stereocenters. The van der Waals surface area contributed by atoms with Crippen molar-refractivity contribution in [3.63, 3.8) is 0 Å². The van der Waals surface area contributed by atoms with Gasteiger partial charge in [-0.25, -0.2) is 24.4 Å². The number of halogens is 1. The Morgan fingerprint density at radius 1 is 1.15 bits per heavy atom. The van der Waals surface area contributed by atoms with E-state index in [2.05, 4.69) is 35.5 Å². The molecule has 3 aromatic heterocycles. The molecule has 1 atom stereocenters. The van der Waals surface area contributed by atoms with Gasteiger partial charge >= 0.3 is 0 Å². The van der Waals surface area contributed by atoms with E-state index in [1.165, 1.54) is 0 Å². The Hall–Kier alpha value is -3.30. The minimum atomic E-state index is -0.495. The predicted octanol–water partition coefficient (Wildman–Crippen LogP) is 2.34. The van der Waals surface area contributed by atoms with Crippen LogP contribution in [0.2, 0.25) is 0 Å². The first-order valence-corrected chi connectivity index (χ1v) is 8.01. The Kier molecular flexibility index (Phi) is 4.92. The van der Waals surface area contributed by atoms with E-state index >= 15 is 0 Å². The van der Waals surface area contributed by atoms with E-state index in [-0.39, 0.29) is 18.0 Å². The highest BCUT2D eigenvalue weighted by atomic mass is 19.1. The largest absolute Gasteiger partial charge is 0.475 e. The molecule has 0 radical (unpaired) electrons. The molecule has 0 spiro atoms. The van der Waals surface area contributed by atoms with E-state index in [0.717, 1.165) is 12.4 Å². The molecule has 0 bridgehead atoms. The number of nitrogens with zero attached hydrogens (tertiary/aromatic N) is 5. The Bertz CT molecular complexity index is 880. The number of nitrogen functional groups attached to an aromatic ring is 1. The molecule has 0 amide bonds. The lowest BCUT2D eigenvalue weighted by Gasteiger charge is -2.13. The van der Waals surface area contributed by atoms with Gasteiger partial charge in [-0.15, -0.1) is 0 Å². The molecule has 0 saturated heterocycles. The van der Waals surface area contributed by atoms with E-state index < -0.39 is 5.82 Å². The lowest BCUT2D eigenvalue weighted by atomic mass is 10.2. The highest BCUT2D eigenvalue weighted by Crippen LogP contribution is 2.26. The average Bonchev–Trinajstić information content (AvgIpc) is 3.03. The molecular weight excluding hydrogens is 339 g/mol. The van der Waals surface area contributed by atoms with Gasteiger partial charge in [0.05, 0.1) is 30.1 Å². The molecule has 4 N–H and O–H groups in total. The molecule has 136 valence electrons. The van der Waals surface area contributed by atoms with Gasteiger partial charge in [-0.05, 0) is 20.8 Å². The minimum Gasteiger partial charge on any atom is -0.475 e. The van der Waals surface area contributed by atoms with Crippen molar-refractivity contribution in [2.24, 2.45) is 0 Å². The number of aromatic nitrogens is 6.